The lowest BCUT2D eigenvalue weighted by molar-refractivity contribution is -0.384. The standard InChI is InChI=1S/C38H31N3O7S/c1-4-47-37(44)32-33(26-9-6-5-7-10-26)39-38-40(34(32)27-17-15-25(16-18-27)23(2)3)35(42)31(49-38)21-24-13-19-30(20-14-24)48-36(43)28-11-8-12-29(22-28)41(45)46/h5-23,34H,4H2,1-3H3/b31-21-/t34-/m1/s1. The molecule has 4 aromatic carbocycles. The minimum Gasteiger partial charge on any atom is -0.463 e. The normalized spacial score (nSPS) is 14.3. The number of thiazole rings is 1. The van der Waals surface area contributed by atoms with Crippen LogP contribution in [-0.4, -0.2) is 28.0 Å². The number of carbonyl (C=O) groups excluding carboxylic acids is 2. The van der Waals surface area contributed by atoms with E-state index in [0.717, 1.165) is 22.8 Å². The number of nitro groups is 1. The van der Waals surface area contributed by atoms with E-state index < -0.39 is 22.9 Å². The summed E-state index contributed by atoms with van der Waals surface area (Å²) < 4.78 is 12.9. The Labute approximate surface area is 285 Å². The number of nitrogens with zero attached hydrogens (tertiary/aromatic N) is 3. The first-order chi connectivity index (χ1) is 23.6. The van der Waals surface area contributed by atoms with Crippen molar-refractivity contribution in [3.63, 3.8) is 0 Å². The topological polar surface area (TPSA) is 130 Å². The number of benzene rings is 4. The summed E-state index contributed by atoms with van der Waals surface area (Å²) in [5.74, 6) is -0.761. The maximum absolute atomic E-state index is 14.2. The molecule has 0 bridgehead atoms. The summed E-state index contributed by atoms with van der Waals surface area (Å²) in [4.78, 5) is 56.3. The molecule has 0 unspecified atom stereocenters. The minimum absolute atomic E-state index is 0.0462. The molecule has 0 aliphatic carbocycles. The second kappa shape index (κ2) is 14.0. The first kappa shape index (κ1) is 33.0. The molecule has 0 radical (unpaired) electrons. The van der Waals surface area contributed by atoms with Crippen molar-refractivity contribution >= 4 is 40.7 Å². The number of hydrogen-bond donors (Lipinski definition) is 0. The van der Waals surface area contributed by atoms with Crippen LogP contribution in [0, 0.1) is 10.1 Å². The van der Waals surface area contributed by atoms with Crippen LogP contribution < -0.4 is 19.6 Å². The van der Waals surface area contributed by atoms with Gasteiger partial charge in [0.25, 0.3) is 11.2 Å². The van der Waals surface area contributed by atoms with E-state index in [9.17, 15) is 24.5 Å². The van der Waals surface area contributed by atoms with Crippen molar-refractivity contribution in [3.8, 4) is 5.75 Å². The van der Waals surface area contributed by atoms with E-state index in [1.165, 1.54) is 29.5 Å². The highest BCUT2D eigenvalue weighted by Gasteiger charge is 2.35. The molecule has 1 atom stereocenters. The summed E-state index contributed by atoms with van der Waals surface area (Å²) in [6.07, 6.45) is 1.71. The Bertz CT molecular complexity index is 2270. The van der Waals surface area contributed by atoms with Gasteiger partial charge in [0.2, 0.25) is 0 Å². The molecule has 49 heavy (non-hydrogen) atoms. The monoisotopic (exact) mass is 673 g/mol. The average molecular weight is 674 g/mol. The van der Waals surface area contributed by atoms with Gasteiger partial charge in [-0.05, 0) is 53.8 Å². The number of non-ortho nitro benzene ring substituents is 1. The van der Waals surface area contributed by atoms with Crippen molar-refractivity contribution in [2.24, 2.45) is 4.99 Å². The fraction of sp³-hybridized carbons (Fsp3) is 0.158. The molecule has 1 aromatic heterocycles. The van der Waals surface area contributed by atoms with Crippen molar-refractivity contribution in [3.05, 3.63) is 166 Å². The predicted molar refractivity (Wildman–Crippen MR) is 186 cm³/mol. The predicted octanol–water partition coefficient (Wildman–Crippen LogP) is 6.19. The van der Waals surface area contributed by atoms with Crippen molar-refractivity contribution in [1.29, 1.82) is 0 Å². The lowest BCUT2D eigenvalue weighted by atomic mass is 9.91. The Balaban J connectivity index is 1.42. The number of hydrogen-bond acceptors (Lipinski definition) is 9. The molecule has 246 valence electrons. The second-order valence-corrected chi connectivity index (χ2v) is 12.5. The van der Waals surface area contributed by atoms with Crippen LogP contribution in [0.15, 0.2) is 118 Å². The molecule has 2 heterocycles. The highest BCUT2D eigenvalue weighted by molar-refractivity contribution is 7.07. The van der Waals surface area contributed by atoms with Crippen molar-refractivity contribution in [1.82, 2.24) is 4.57 Å². The quantitative estimate of drug-likeness (QED) is 0.0790. The highest BCUT2D eigenvalue weighted by Crippen LogP contribution is 2.35. The number of aromatic nitrogens is 1. The van der Waals surface area contributed by atoms with Gasteiger partial charge in [0.05, 0.1) is 38.9 Å². The smallest absolute Gasteiger partial charge is 0.343 e. The molecular formula is C38H31N3O7S. The van der Waals surface area contributed by atoms with E-state index in [-0.39, 0.29) is 34.7 Å². The van der Waals surface area contributed by atoms with Crippen LogP contribution in [0.4, 0.5) is 5.69 Å². The Morgan fingerprint density at radius 3 is 2.33 bits per heavy atom. The van der Waals surface area contributed by atoms with Gasteiger partial charge in [-0.25, -0.2) is 14.6 Å². The van der Waals surface area contributed by atoms with Gasteiger partial charge in [-0.2, -0.15) is 0 Å². The third-order valence-electron chi connectivity index (χ3n) is 7.97. The molecule has 0 saturated heterocycles. The Morgan fingerprint density at radius 1 is 0.959 bits per heavy atom. The summed E-state index contributed by atoms with van der Waals surface area (Å²) in [5.41, 5.74) is 3.49. The zero-order chi connectivity index (χ0) is 34.7. The number of esters is 2. The fourth-order valence-electron chi connectivity index (χ4n) is 5.51. The summed E-state index contributed by atoms with van der Waals surface area (Å²) in [6, 6.07) is 28.3. The SMILES string of the molecule is CCOC(=O)C1=C(c2ccccc2)N=c2s/c(=C\c3ccc(OC(=O)c4cccc([N+](=O)[O-])c4)cc3)c(=O)n2[C@@H]1c1ccc(C(C)C)cc1. The van der Waals surface area contributed by atoms with Gasteiger partial charge < -0.3 is 9.47 Å². The molecule has 1 aliphatic rings. The molecular weight excluding hydrogens is 642 g/mol. The molecule has 11 heteroatoms. The number of carbonyl (C=O) groups is 2. The molecule has 0 amide bonds. The van der Waals surface area contributed by atoms with E-state index in [1.807, 2.05) is 54.6 Å². The molecule has 5 aromatic rings. The molecule has 0 N–H and O–H groups in total. The van der Waals surface area contributed by atoms with E-state index in [2.05, 4.69) is 13.8 Å². The first-order valence-electron chi connectivity index (χ1n) is 15.6. The van der Waals surface area contributed by atoms with Gasteiger partial charge >= 0.3 is 11.9 Å². The van der Waals surface area contributed by atoms with Gasteiger partial charge in [0, 0.05) is 17.7 Å². The zero-order valence-electron chi connectivity index (χ0n) is 26.9. The maximum atomic E-state index is 14.2. The molecule has 1 aliphatic heterocycles. The Hall–Kier alpha value is -5.94. The van der Waals surface area contributed by atoms with Crippen LogP contribution in [0.1, 0.15) is 65.3 Å². The van der Waals surface area contributed by atoms with Crippen LogP contribution in [-0.2, 0) is 9.53 Å². The number of fused-ring (bicyclic) bond motifs is 1. The molecule has 10 nitrogen and oxygen atoms in total. The van der Waals surface area contributed by atoms with Crippen LogP contribution in [0.5, 0.6) is 5.75 Å². The van der Waals surface area contributed by atoms with E-state index in [0.29, 0.717) is 26.5 Å². The highest BCUT2D eigenvalue weighted by atomic mass is 32.1. The fourth-order valence-corrected chi connectivity index (χ4v) is 6.52. The van der Waals surface area contributed by atoms with E-state index >= 15 is 0 Å². The summed E-state index contributed by atoms with van der Waals surface area (Å²) in [5, 5.41) is 11.1. The number of ether oxygens (including phenoxy) is 2. The summed E-state index contributed by atoms with van der Waals surface area (Å²) in [6.45, 7) is 6.10. The minimum atomic E-state index is -0.788. The van der Waals surface area contributed by atoms with Crippen LogP contribution in [0.2, 0.25) is 0 Å². The van der Waals surface area contributed by atoms with Gasteiger partial charge in [-0.3, -0.25) is 19.5 Å². The van der Waals surface area contributed by atoms with E-state index in [4.69, 9.17) is 14.5 Å². The third kappa shape index (κ3) is 6.88. The molecule has 0 spiro atoms. The maximum Gasteiger partial charge on any atom is 0.343 e. The van der Waals surface area contributed by atoms with Crippen molar-refractivity contribution in [2.45, 2.75) is 32.7 Å². The van der Waals surface area contributed by atoms with Crippen LogP contribution in [0.3, 0.4) is 0 Å². The molecule has 0 fully saturated rings. The first-order valence-corrected chi connectivity index (χ1v) is 16.4. The third-order valence-corrected chi connectivity index (χ3v) is 8.96. The van der Waals surface area contributed by atoms with E-state index in [1.54, 1.807) is 41.8 Å². The van der Waals surface area contributed by atoms with Crippen molar-refractivity contribution in [2.75, 3.05) is 6.61 Å². The van der Waals surface area contributed by atoms with Crippen LogP contribution in [0.25, 0.3) is 11.8 Å². The summed E-state index contributed by atoms with van der Waals surface area (Å²) in [7, 11) is 0. The average Bonchev–Trinajstić information content (AvgIpc) is 3.42. The summed E-state index contributed by atoms with van der Waals surface area (Å²) >= 11 is 1.21. The molecule has 6 rings (SSSR count). The zero-order valence-corrected chi connectivity index (χ0v) is 27.7. The van der Waals surface area contributed by atoms with Crippen molar-refractivity contribution < 1.29 is 24.0 Å². The van der Waals surface area contributed by atoms with Gasteiger partial charge in [-0.1, -0.05) is 98.0 Å². The largest absolute Gasteiger partial charge is 0.463 e. The van der Waals surface area contributed by atoms with Crippen LogP contribution >= 0.6 is 11.3 Å². The number of rotatable bonds is 9. The lowest BCUT2D eigenvalue weighted by Gasteiger charge is -2.26. The van der Waals surface area contributed by atoms with Gasteiger partial charge in [0.1, 0.15) is 5.75 Å². The molecule has 0 saturated carbocycles. The van der Waals surface area contributed by atoms with Gasteiger partial charge in [0.15, 0.2) is 4.80 Å². The Kier molecular flexibility index (Phi) is 9.45. The Morgan fingerprint density at radius 2 is 1.67 bits per heavy atom. The van der Waals surface area contributed by atoms with Gasteiger partial charge in [-0.15, -0.1) is 0 Å². The number of nitro benzene ring substituents is 1. The lowest BCUT2D eigenvalue weighted by Crippen LogP contribution is -2.40. The second-order valence-electron chi connectivity index (χ2n) is 11.5.